The first-order valence-electron chi connectivity index (χ1n) is 9.00. The highest BCUT2D eigenvalue weighted by Gasteiger charge is 2.31. The van der Waals surface area contributed by atoms with Gasteiger partial charge in [-0.15, -0.1) is 0 Å². The highest BCUT2D eigenvalue weighted by Crippen LogP contribution is 2.33. The number of nitrogens with zero attached hydrogens (tertiary/aromatic N) is 3. The maximum absolute atomic E-state index is 12.6. The summed E-state index contributed by atoms with van der Waals surface area (Å²) in [7, 11) is 0. The zero-order chi connectivity index (χ0) is 18.3. The van der Waals surface area contributed by atoms with Gasteiger partial charge in [-0.2, -0.15) is 0 Å². The second-order valence-corrected chi connectivity index (χ2v) is 8.10. The number of amides is 2. The average molecular weight is 374 g/mol. The lowest BCUT2D eigenvalue weighted by molar-refractivity contribution is -0.132. The van der Waals surface area contributed by atoms with Crippen LogP contribution in [0.1, 0.15) is 46.9 Å². The normalized spacial score (nSPS) is 16.5. The first-order valence-corrected chi connectivity index (χ1v) is 9.82. The minimum atomic E-state index is 0.0727. The van der Waals surface area contributed by atoms with Crippen LogP contribution in [-0.4, -0.2) is 33.4 Å². The number of rotatable bonds is 5. The number of anilines is 1. The predicted octanol–water partition coefficient (Wildman–Crippen LogP) is 2.61. The van der Waals surface area contributed by atoms with Crippen LogP contribution in [0.4, 0.5) is 5.13 Å². The van der Waals surface area contributed by atoms with Crippen molar-refractivity contribution in [2.24, 2.45) is 5.92 Å². The fourth-order valence-electron chi connectivity index (χ4n) is 3.26. The molecule has 0 unspecified atom stereocenters. The number of aromatic nitrogens is 2. The fraction of sp³-hybridized carbons (Fsp3) is 0.556. The molecule has 26 heavy (non-hydrogen) atoms. The van der Waals surface area contributed by atoms with E-state index in [9.17, 15) is 9.59 Å². The van der Waals surface area contributed by atoms with Crippen molar-refractivity contribution in [3.63, 3.8) is 0 Å². The van der Waals surface area contributed by atoms with E-state index in [4.69, 9.17) is 4.52 Å². The zero-order valence-electron chi connectivity index (χ0n) is 15.0. The van der Waals surface area contributed by atoms with E-state index in [1.807, 2.05) is 18.7 Å². The second-order valence-electron chi connectivity index (χ2n) is 7.02. The van der Waals surface area contributed by atoms with Gasteiger partial charge in [-0.25, -0.2) is 4.98 Å². The van der Waals surface area contributed by atoms with Gasteiger partial charge in [0.2, 0.25) is 11.8 Å². The third-order valence-electron chi connectivity index (χ3n) is 5.03. The maximum atomic E-state index is 12.6. The molecule has 1 saturated carbocycles. The van der Waals surface area contributed by atoms with E-state index in [0.29, 0.717) is 31.1 Å². The number of thiazole rings is 1. The highest BCUT2D eigenvalue weighted by molar-refractivity contribution is 7.15. The summed E-state index contributed by atoms with van der Waals surface area (Å²) in [6.07, 6.45) is 3.79. The number of aryl methyl sites for hydroxylation is 2. The molecule has 7 nitrogen and oxygen atoms in total. The van der Waals surface area contributed by atoms with Gasteiger partial charge in [0.05, 0.1) is 17.9 Å². The van der Waals surface area contributed by atoms with Gasteiger partial charge < -0.3 is 14.7 Å². The minimum Gasteiger partial charge on any atom is -0.361 e. The Labute approximate surface area is 155 Å². The van der Waals surface area contributed by atoms with Gasteiger partial charge in [-0.1, -0.05) is 16.5 Å². The molecular formula is C18H22N4O3S. The lowest BCUT2D eigenvalue weighted by atomic mass is 10.1. The molecule has 2 aliphatic rings. The van der Waals surface area contributed by atoms with Crippen LogP contribution >= 0.6 is 11.3 Å². The summed E-state index contributed by atoms with van der Waals surface area (Å²) in [5, 5.41) is 7.51. The lowest BCUT2D eigenvalue weighted by Gasteiger charge is -2.26. The summed E-state index contributed by atoms with van der Waals surface area (Å²) in [5.74, 6) is 1.16. The van der Waals surface area contributed by atoms with Crippen molar-refractivity contribution < 1.29 is 14.1 Å². The molecule has 1 aliphatic heterocycles. The van der Waals surface area contributed by atoms with Gasteiger partial charge in [0.1, 0.15) is 5.76 Å². The maximum Gasteiger partial charge on any atom is 0.229 e. The Hall–Kier alpha value is -2.22. The second kappa shape index (κ2) is 6.83. The van der Waals surface area contributed by atoms with Crippen molar-refractivity contribution in [3.05, 3.63) is 27.6 Å². The molecule has 2 aromatic rings. The SMILES string of the molecule is Cc1noc(C)c1CCC(=O)N1CCc2nc(NC(=O)C3CC3)sc2C1. The average Bonchev–Trinajstić information content (AvgIpc) is 3.32. The molecule has 0 aromatic carbocycles. The molecule has 0 radical (unpaired) electrons. The van der Waals surface area contributed by atoms with Crippen LogP contribution < -0.4 is 5.32 Å². The van der Waals surface area contributed by atoms with E-state index in [1.54, 1.807) is 0 Å². The highest BCUT2D eigenvalue weighted by atomic mass is 32.1. The third-order valence-corrected chi connectivity index (χ3v) is 6.03. The molecule has 1 N–H and O–H groups in total. The Morgan fingerprint density at radius 1 is 1.35 bits per heavy atom. The molecule has 2 aromatic heterocycles. The molecule has 2 amide bonds. The van der Waals surface area contributed by atoms with E-state index in [0.717, 1.165) is 46.9 Å². The van der Waals surface area contributed by atoms with Crippen LogP contribution in [0.2, 0.25) is 0 Å². The smallest absolute Gasteiger partial charge is 0.229 e. The van der Waals surface area contributed by atoms with Crippen molar-refractivity contribution >= 4 is 28.3 Å². The van der Waals surface area contributed by atoms with Crippen molar-refractivity contribution in [2.75, 3.05) is 11.9 Å². The Morgan fingerprint density at radius 2 is 2.15 bits per heavy atom. The minimum absolute atomic E-state index is 0.0727. The van der Waals surface area contributed by atoms with E-state index in [2.05, 4.69) is 15.5 Å². The summed E-state index contributed by atoms with van der Waals surface area (Å²) < 4.78 is 5.16. The first-order chi connectivity index (χ1) is 12.5. The molecule has 0 spiro atoms. The van der Waals surface area contributed by atoms with Gasteiger partial charge in [-0.3, -0.25) is 9.59 Å². The standard InChI is InChI=1S/C18H22N4O3S/c1-10-13(11(2)25-21-10)5-6-16(23)22-8-7-14-15(9-22)26-18(19-14)20-17(24)12-3-4-12/h12H,3-9H2,1-2H3,(H,19,20,24). The Kier molecular flexibility index (Phi) is 4.52. The van der Waals surface area contributed by atoms with Gasteiger partial charge in [0.15, 0.2) is 5.13 Å². The molecule has 0 saturated heterocycles. The summed E-state index contributed by atoms with van der Waals surface area (Å²) in [6.45, 7) is 5.03. The molecule has 8 heteroatoms. The number of carbonyl (C=O) groups is 2. The van der Waals surface area contributed by atoms with Crippen molar-refractivity contribution in [1.82, 2.24) is 15.0 Å². The number of nitrogens with one attached hydrogen (secondary N) is 1. The quantitative estimate of drug-likeness (QED) is 0.869. The van der Waals surface area contributed by atoms with Crippen molar-refractivity contribution in [2.45, 2.75) is 52.5 Å². The van der Waals surface area contributed by atoms with E-state index in [1.165, 1.54) is 11.3 Å². The first kappa shape index (κ1) is 17.2. The molecular weight excluding hydrogens is 352 g/mol. The van der Waals surface area contributed by atoms with Gasteiger partial charge in [0.25, 0.3) is 0 Å². The number of hydrogen-bond acceptors (Lipinski definition) is 6. The van der Waals surface area contributed by atoms with Crippen LogP contribution in [0.5, 0.6) is 0 Å². The van der Waals surface area contributed by atoms with Gasteiger partial charge in [0, 0.05) is 35.7 Å². The van der Waals surface area contributed by atoms with Crippen molar-refractivity contribution in [3.8, 4) is 0 Å². The zero-order valence-corrected chi connectivity index (χ0v) is 15.8. The number of fused-ring (bicyclic) bond motifs is 1. The molecule has 4 rings (SSSR count). The van der Waals surface area contributed by atoms with Crippen molar-refractivity contribution in [1.29, 1.82) is 0 Å². The molecule has 1 aliphatic carbocycles. The van der Waals surface area contributed by atoms with Gasteiger partial charge in [-0.05, 0) is 33.1 Å². The molecule has 3 heterocycles. The summed E-state index contributed by atoms with van der Waals surface area (Å²) in [5.41, 5.74) is 2.89. The van der Waals surface area contributed by atoms with Crippen LogP contribution in [0.3, 0.4) is 0 Å². The van der Waals surface area contributed by atoms with E-state index < -0.39 is 0 Å². The van der Waals surface area contributed by atoms with Crippen LogP contribution in [0.25, 0.3) is 0 Å². The monoisotopic (exact) mass is 374 g/mol. The van der Waals surface area contributed by atoms with Gasteiger partial charge >= 0.3 is 0 Å². The van der Waals surface area contributed by atoms with E-state index >= 15 is 0 Å². The van der Waals surface area contributed by atoms with Crippen LogP contribution in [-0.2, 0) is 29.0 Å². The molecule has 138 valence electrons. The summed E-state index contributed by atoms with van der Waals surface area (Å²) in [4.78, 5) is 32.0. The Bertz CT molecular complexity index is 833. The summed E-state index contributed by atoms with van der Waals surface area (Å²) in [6, 6.07) is 0. The summed E-state index contributed by atoms with van der Waals surface area (Å²) >= 11 is 1.49. The molecule has 1 fully saturated rings. The fourth-order valence-corrected chi connectivity index (χ4v) is 4.29. The Morgan fingerprint density at radius 3 is 2.85 bits per heavy atom. The topological polar surface area (TPSA) is 88.3 Å². The molecule has 0 bridgehead atoms. The number of carbonyl (C=O) groups excluding carboxylic acids is 2. The third kappa shape index (κ3) is 3.51. The lowest BCUT2D eigenvalue weighted by Crippen LogP contribution is -2.35. The molecule has 0 atom stereocenters. The van der Waals surface area contributed by atoms with Crippen LogP contribution in [0.15, 0.2) is 4.52 Å². The Balaban J connectivity index is 1.36. The largest absolute Gasteiger partial charge is 0.361 e. The van der Waals surface area contributed by atoms with Crippen LogP contribution in [0, 0.1) is 19.8 Å². The predicted molar refractivity (Wildman–Crippen MR) is 96.9 cm³/mol. The van der Waals surface area contributed by atoms with E-state index in [-0.39, 0.29) is 17.7 Å². The number of hydrogen-bond donors (Lipinski definition) is 1.